The summed E-state index contributed by atoms with van der Waals surface area (Å²) < 4.78 is 7.72. The largest absolute Gasteiger partial charge is 0.370 e. The van der Waals surface area contributed by atoms with Gasteiger partial charge >= 0.3 is 0 Å². The highest BCUT2D eigenvalue weighted by Crippen LogP contribution is 2.31. The number of carbonyl (C=O) groups excluding carboxylic acids is 1. The molecule has 0 saturated carbocycles. The minimum absolute atomic E-state index is 0.140. The second-order valence-electron chi connectivity index (χ2n) is 10.4. The smallest absolute Gasteiger partial charge is 0.165 e. The highest BCUT2D eigenvalue weighted by Gasteiger charge is 2.41. The number of ether oxygens (including phenoxy) is 1. The summed E-state index contributed by atoms with van der Waals surface area (Å²) >= 11 is 0. The van der Waals surface area contributed by atoms with Gasteiger partial charge in [0.1, 0.15) is 17.2 Å². The zero-order chi connectivity index (χ0) is 27.6. The van der Waals surface area contributed by atoms with Crippen molar-refractivity contribution in [3.05, 3.63) is 70.8 Å². The van der Waals surface area contributed by atoms with Gasteiger partial charge in [0.25, 0.3) is 0 Å². The number of nitrogens with zero attached hydrogens (tertiary/aromatic N) is 6. The number of piperidine rings is 1. The number of nitrogens with one attached hydrogen (secondary N) is 2. The molecule has 39 heavy (non-hydrogen) atoms. The average Bonchev–Trinajstić information content (AvgIpc) is 3.50. The fourth-order valence-corrected chi connectivity index (χ4v) is 5.22. The third-order valence-electron chi connectivity index (χ3n) is 7.39. The van der Waals surface area contributed by atoms with Gasteiger partial charge in [-0.15, -0.1) is 0 Å². The zero-order valence-electron chi connectivity index (χ0n) is 23.3. The molecule has 1 aliphatic heterocycles. The van der Waals surface area contributed by atoms with Crippen molar-refractivity contribution in [1.29, 1.82) is 0 Å². The highest BCUT2D eigenvalue weighted by molar-refractivity contribution is 5.88. The van der Waals surface area contributed by atoms with Crippen LogP contribution < -0.4 is 10.2 Å². The molecule has 5 heterocycles. The SMILES string of the molecule is COC1(C(=O)CCc2ccc(-n3nc(C)cc3C)nc2)CCN(c2cc(C)cc(Nc3cc(C)[nH]n3)n2)CC1. The number of carbonyl (C=O) groups is 1. The molecule has 10 heteroatoms. The molecule has 0 amide bonds. The van der Waals surface area contributed by atoms with E-state index in [0.29, 0.717) is 38.8 Å². The summed E-state index contributed by atoms with van der Waals surface area (Å²) in [5.41, 5.74) is 4.33. The summed E-state index contributed by atoms with van der Waals surface area (Å²) in [6.07, 6.45) is 4.11. The Hall–Kier alpha value is -4.05. The van der Waals surface area contributed by atoms with Crippen molar-refractivity contribution in [3.63, 3.8) is 0 Å². The summed E-state index contributed by atoms with van der Waals surface area (Å²) in [5.74, 6) is 3.28. The first kappa shape index (κ1) is 26.6. The molecule has 10 nitrogen and oxygen atoms in total. The van der Waals surface area contributed by atoms with Gasteiger partial charge in [0.15, 0.2) is 17.4 Å². The van der Waals surface area contributed by atoms with Gasteiger partial charge in [-0.25, -0.2) is 14.6 Å². The minimum atomic E-state index is -0.773. The van der Waals surface area contributed by atoms with Crippen LogP contribution in [0.5, 0.6) is 0 Å². The molecule has 4 aromatic rings. The number of hydrogen-bond acceptors (Lipinski definition) is 8. The van der Waals surface area contributed by atoms with Crippen molar-refractivity contribution in [1.82, 2.24) is 29.9 Å². The van der Waals surface area contributed by atoms with Crippen LogP contribution in [0.3, 0.4) is 0 Å². The van der Waals surface area contributed by atoms with Crippen molar-refractivity contribution in [3.8, 4) is 5.82 Å². The lowest BCUT2D eigenvalue weighted by Gasteiger charge is -2.40. The number of hydrogen-bond donors (Lipinski definition) is 2. The lowest BCUT2D eigenvalue weighted by atomic mass is 9.84. The van der Waals surface area contributed by atoms with E-state index in [9.17, 15) is 4.79 Å². The highest BCUT2D eigenvalue weighted by atomic mass is 16.5. The monoisotopic (exact) mass is 528 g/mol. The van der Waals surface area contributed by atoms with E-state index in [1.807, 2.05) is 62.0 Å². The van der Waals surface area contributed by atoms with Gasteiger partial charge in [0.05, 0.1) is 5.69 Å². The number of aryl methyl sites for hydroxylation is 5. The van der Waals surface area contributed by atoms with E-state index in [1.54, 1.807) is 7.11 Å². The molecule has 204 valence electrons. The fraction of sp³-hybridized carbons (Fsp3) is 0.414. The molecule has 4 aromatic heterocycles. The number of ketones is 1. The second-order valence-corrected chi connectivity index (χ2v) is 10.4. The van der Waals surface area contributed by atoms with E-state index >= 15 is 0 Å². The molecule has 0 atom stereocenters. The molecule has 0 unspecified atom stereocenters. The molecular formula is C29H36N8O2. The number of anilines is 3. The van der Waals surface area contributed by atoms with Crippen LogP contribution in [0, 0.1) is 27.7 Å². The molecule has 1 saturated heterocycles. The normalized spacial score (nSPS) is 14.9. The van der Waals surface area contributed by atoms with Crippen LogP contribution in [0.2, 0.25) is 0 Å². The van der Waals surface area contributed by atoms with Gasteiger partial charge in [-0.1, -0.05) is 6.07 Å². The lowest BCUT2D eigenvalue weighted by molar-refractivity contribution is -0.143. The third kappa shape index (κ3) is 5.85. The average molecular weight is 529 g/mol. The second kappa shape index (κ2) is 11.0. The van der Waals surface area contributed by atoms with Crippen LogP contribution in [-0.2, 0) is 16.0 Å². The number of rotatable bonds is 9. The number of aromatic amines is 1. The summed E-state index contributed by atoms with van der Waals surface area (Å²) in [5, 5.41) is 14.9. The van der Waals surface area contributed by atoms with Gasteiger partial charge in [-0.3, -0.25) is 9.89 Å². The van der Waals surface area contributed by atoms with Crippen LogP contribution in [-0.4, -0.2) is 61.5 Å². The molecule has 0 radical (unpaired) electrons. The Bertz CT molecular complexity index is 1450. The van der Waals surface area contributed by atoms with Gasteiger partial charge in [-0.05, 0) is 69.5 Å². The van der Waals surface area contributed by atoms with E-state index in [-0.39, 0.29) is 5.78 Å². The zero-order valence-corrected chi connectivity index (χ0v) is 23.3. The van der Waals surface area contributed by atoms with Crippen molar-refractivity contribution < 1.29 is 9.53 Å². The molecule has 0 aromatic carbocycles. The predicted molar refractivity (Wildman–Crippen MR) is 151 cm³/mol. The van der Waals surface area contributed by atoms with Crippen LogP contribution in [0.1, 0.15) is 47.5 Å². The fourth-order valence-electron chi connectivity index (χ4n) is 5.22. The first-order chi connectivity index (χ1) is 18.7. The quantitative estimate of drug-likeness (QED) is 0.325. The maximum atomic E-state index is 13.4. The molecule has 1 aliphatic rings. The van der Waals surface area contributed by atoms with Crippen LogP contribution >= 0.6 is 0 Å². The Labute approximate surface area is 228 Å². The van der Waals surface area contributed by atoms with Crippen molar-refractivity contribution >= 4 is 23.2 Å². The number of aromatic nitrogens is 6. The van der Waals surface area contributed by atoms with E-state index in [2.05, 4.69) is 43.5 Å². The Kier molecular flexibility index (Phi) is 7.47. The first-order valence-corrected chi connectivity index (χ1v) is 13.3. The predicted octanol–water partition coefficient (Wildman–Crippen LogP) is 4.55. The summed E-state index contributed by atoms with van der Waals surface area (Å²) in [4.78, 5) is 25.0. The molecule has 5 rings (SSSR count). The molecule has 1 fully saturated rings. The summed E-state index contributed by atoms with van der Waals surface area (Å²) in [6, 6.07) is 12.0. The minimum Gasteiger partial charge on any atom is -0.370 e. The van der Waals surface area contributed by atoms with E-state index < -0.39 is 5.60 Å². The van der Waals surface area contributed by atoms with Crippen molar-refractivity contribution in [2.24, 2.45) is 0 Å². The van der Waals surface area contributed by atoms with Crippen LogP contribution in [0.4, 0.5) is 17.5 Å². The van der Waals surface area contributed by atoms with Gasteiger partial charge in [0.2, 0.25) is 0 Å². The Morgan fingerprint density at radius 1 is 1.05 bits per heavy atom. The molecule has 0 spiro atoms. The molecular weight excluding hydrogens is 492 g/mol. The standard InChI is InChI=1S/C29H36N8O2/c1-19-14-25(31-26-17-20(2)33-34-26)32-28(15-19)36-12-10-29(39-5,11-13-36)24(38)8-6-23-7-9-27(30-18-23)37-22(4)16-21(3)35-37/h7,9,14-18H,6,8,10-13H2,1-5H3,(H2,31,32,33,34). The number of methoxy groups -OCH3 is 1. The Balaban J connectivity index is 1.19. The number of H-pyrrole nitrogens is 1. The maximum Gasteiger partial charge on any atom is 0.165 e. The third-order valence-corrected chi connectivity index (χ3v) is 7.39. The Morgan fingerprint density at radius 3 is 2.46 bits per heavy atom. The van der Waals surface area contributed by atoms with E-state index in [1.165, 1.54) is 0 Å². The van der Waals surface area contributed by atoms with E-state index in [0.717, 1.165) is 51.5 Å². The van der Waals surface area contributed by atoms with Crippen LogP contribution in [0.25, 0.3) is 5.82 Å². The molecule has 2 N–H and O–H groups in total. The van der Waals surface area contributed by atoms with Gasteiger partial charge < -0.3 is 15.0 Å². The molecule has 0 bridgehead atoms. The number of Topliss-reactive ketones (excluding diaryl/α,β-unsaturated/α-hetero) is 1. The topological polar surface area (TPSA) is 114 Å². The molecule has 0 aliphatic carbocycles. The lowest BCUT2D eigenvalue weighted by Crippen LogP contribution is -2.51. The summed E-state index contributed by atoms with van der Waals surface area (Å²) in [7, 11) is 1.65. The first-order valence-electron chi connectivity index (χ1n) is 13.3. The van der Waals surface area contributed by atoms with Crippen LogP contribution in [0.15, 0.2) is 42.6 Å². The van der Waals surface area contributed by atoms with Crippen molar-refractivity contribution in [2.75, 3.05) is 30.4 Å². The summed E-state index contributed by atoms with van der Waals surface area (Å²) in [6.45, 7) is 9.37. The Morgan fingerprint density at radius 2 is 1.85 bits per heavy atom. The van der Waals surface area contributed by atoms with E-state index in [4.69, 9.17) is 9.72 Å². The maximum absolute atomic E-state index is 13.4. The van der Waals surface area contributed by atoms with Gasteiger partial charge in [0, 0.05) is 63.1 Å². The van der Waals surface area contributed by atoms with Crippen molar-refractivity contribution in [2.45, 2.75) is 59.0 Å². The number of pyridine rings is 2. The van der Waals surface area contributed by atoms with Gasteiger partial charge in [-0.2, -0.15) is 10.2 Å².